The van der Waals surface area contributed by atoms with Gasteiger partial charge in [-0.1, -0.05) is 31.2 Å². The van der Waals surface area contributed by atoms with Crippen LogP contribution >= 0.6 is 0 Å². The molecule has 2 unspecified atom stereocenters. The number of amides is 1. The summed E-state index contributed by atoms with van der Waals surface area (Å²) in [4.78, 5) is 12.8. The van der Waals surface area contributed by atoms with E-state index in [0.29, 0.717) is 0 Å². The fourth-order valence-corrected chi connectivity index (χ4v) is 3.64. The van der Waals surface area contributed by atoms with Gasteiger partial charge in [-0.05, 0) is 49.8 Å². The van der Waals surface area contributed by atoms with Gasteiger partial charge in [-0.3, -0.25) is 4.79 Å². The Bertz CT molecular complexity index is 492. The van der Waals surface area contributed by atoms with E-state index in [-0.39, 0.29) is 17.4 Å². The summed E-state index contributed by atoms with van der Waals surface area (Å²) in [5.41, 5.74) is 2.51. The molecule has 1 aromatic rings. The maximum absolute atomic E-state index is 12.8. The normalized spacial score (nSPS) is 28.9. The zero-order valence-corrected chi connectivity index (χ0v) is 12.2. The average Bonchev–Trinajstić information content (AvgIpc) is 2.91. The van der Waals surface area contributed by atoms with Crippen molar-refractivity contribution in [3.05, 3.63) is 35.4 Å². The summed E-state index contributed by atoms with van der Waals surface area (Å²) in [6, 6.07) is 8.71. The van der Waals surface area contributed by atoms with Crippen LogP contribution in [0.2, 0.25) is 0 Å². The Morgan fingerprint density at radius 1 is 1.45 bits per heavy atom. The van der Waals surface area contributed by atoms with Crippen molar-refractivity contribution in [2.45, 2.75) is 45.1 Å². The molecule has 2 aliphatic rings. The van der Waals surface area contributed by atoms with Crippen LogP contribution < -0.4 is 10.6 Å². The molecule has 0 saturated carbocycles. The summed E-state index contributed by atoms with van der Waals surface area (Å²) in [7, 11) is 0. The third kappa shape index (κ3) is 2.35. The van der Waals surface area contributed by atoms with E-state index in [2.05, 4.69) is 41.8 Å². The van der Waals surface area contributed by atoms with Gasteiger partial charge in [-0.2, -0.15) is 0 Å². The van der Waals surface area contributed by atoms with Gasteiger partial charge in [0.1, 0.15) is 0 Å². The number of rotatable bonds is 3. The molecule has 0 spiro atoms. The van der Waals surface area contributed by atoms with E-state index in [9.17, 15) is 4.79 Å². The number of piperidine rings is 1. The van der Waals surface area contributed by atoms with Gasteiger partial charge in [0.2, 0.25) is 5.91 Å². The minimum atomic E-state index is -0.199. The van der Waals surface area contributed by atoms with Crippen molar-refractivity contribution in [3.8, 4) is 0 Å². The van der Waals surface area contributed by atoms with E-state index < -0.39 is 0 Å². The summed E-state index contributed by atoms with van der Waals surface area (Å²) in [5, 5.41) is 6.71. The highest BCUT2D eigenvalue weighted by Crippen LogP contribution is 2.34. The summed E-state index contributed by atoms with van der Waals surface area (Å²) in [6.07, 6.45) is 5.15. The maximum Gasteiger partial charge on any atom is 0.227 e. The van der Waals surface area contributed by atoms with Crippen LogP contribution in [0.5, 0.6) is 0 Å². The zero-order chi connectivity index (χ0) is 14.0. The largest absolute Gasteiger partial charge is 0.349 e. The lowest BCUT2D eigenvalue weighted by Gasteiger charge is -2.36. The van der Waals surface area contributed by atoms with E-state index in [1.54, 1.807) is 0 Å². The number of benzene rings is 1. The molecule has 1 fully saturated rings. The van der Waals surface area contributed by atoms with Crippen molar-refractivity contribution in [3.63, 3.8) is 0 Å². The molecule has 0 bridgehead atoms. The first-order chi connectivity index (χ1) is 9.75. The molecular weight excluding hydrogens is 248 g/mol. The Balaban J connectivity index is 1.73. The van der Waals surface area contributed by atoms with Crippen LogP contribution in [0, 0.1) is 5.41 Å². The Morgan fingerprint density at radius 3 is 3.05 bits per heavy atom. The van der Waals surface area contributed by atoms with Crippen LogP contribution in [-0.4, -0.2) is 19.0 Å². The summed E-state index contributed by atoms with van der Waals surface area (Å²) in [5.74, 6) is 0.244. The molecule has 1 aromatic carbocycles. The molecule has 1 saturated heterocycles. The second-order valence-electron chi connectivity index (χ2n) is 6.18. The Morgan fingerprint density at radius 2 is 2.30 bits per heavy atom. The van der Waals surface area contributed by atoms with Crippen LogP contribution in [0.3, 0.4) is 0 Å². The quantitative estimate of drug-likeness (QED) is 0.888. The summed E-state index contributed by atoms with van der Waals surface area (Å²) in [6.45, 7) is 4.00. The van der Waals surface area contributed by atoms with Crippen LogP contribution in [0.1, 0.15) is 49.8 Å². The number of fused-ring (bicyclic) bond motifs is 1. The lowest BCUT2D eigenvalue weighted by Crippen LogP contribution is -2.50. The number of nitrogens with one attached hydrogen (secondary N) is 2. The molecule has 3 rings (SSSR count). The highest BCUT2D eigenvalue weighted by Gasteiger charge is 2.39. The SMILES string of the molecule is CCC1(C(=O)NC2CCc3ccccc32)CCCNC1. The topological polar surface area (TPSA) is 41.1 Å². The number of aryl methyl sites for hydroxylation is 1. The van der Waals surface area contributed by atoms with E-state index in [1.807, 2.05) is 0 Å². The van der Waals surface area contributed by atoms with E-state index in [4.69, 9.17) is 0 Å². The third-order valence-corrected chi connectivity index (χ3v) is 5.07. The lowest BCUT2D eigenvalue weighted by molar-refractivity contribution is -0.133. The predicted octanol–water partition coefficient (Wildman–Crippen LogP) is 2.57. The van der Waals surface area contributed by atoms with Crippen LogP contribution in [0.25, 0.3) is 0 Å². The molecule has 2 N–H and O–H groups in total. The number of carbonyl (C=O) groups excluding carboxylic acids is 1. The van der Waals surface area contributed by atoms with Gasteiger partial charge < -0.3 is 10.6 Å². The second kappa shape index (κ2) is 5.57. The molecule has 1 heterocycles. The standard InChI is InChI=1S/C17H24N2O/c1-2-17(10-5-11-18-12-17)16(20)19-15-9-8-13-6-3-4-7-14(13)15/h3-4,6-7,15,18H,2,5,8-12H2,1H3,(H,19,20). The Kier molecular flexibility index (Phi) is 3.79. The summed E-state index contributed by atoms with van der Waals surface area (Å²) >= 11 is 0. The number of hydrogen-bond acceptors (Lipinski definition) is 2. The van der Waals surface area contributed by atoms with Crippen molar-refractivity contribution in [2.24, 2.45) is 5.41 Å². The average molecular weight is 272 g/mol. The van der Waals surface area contributed by atoms with E-state index in [0.717, 1.165) is 45.2 Å². The molecule has 108 valence electrons. The molecule has 0 radical (unpaired) electrons. The fourth-order valence-electron chi connectivity index (χ4n) is 3.64. The second-order valence-corrected chi connectivity index (χ2v) is 6.18. The van der Waals surface area contributed by atoms with Gasteiger partial charge in [0.25, 0.3) is 0 Å². The van der Waals surface area contributed by atoms with Crippen molar-refractivity contribution >= 4 is 5.91 Å². The van der Waals surface area contributed by atoms with E-state index >= 15 is 0 Å². The molecule has 2 atom stereocenters. The molecule has 1 amide bonds. The molecule has 3 nitrogen and oxygen atoms in total. The monoisotopic (exact) mass is 272 g/mol. The number of hydrogen-bond donors (Lipinski definition) is 2. The molecule has 0 aromatic heterocycles. The molecule has 20 heavy (non-hydrogen) atoms. The molecule has 1 aliphatic heterocycles. The van der Waals surface area contributed by atoms with Gasteiger partial charge in [0, 0.05) is 6.54 Å². The molecule has 1 aliphatic carbocycles. The number of carbonyl (C=O) groups is 1. The van der Waals surface area contributed by atoms with Crippen LogP contribution in [-0.2, 0) is 11.2 Å². The lowest BCUT2D eigenvalue weighted by atomic mass is 9.77. The summed E-state index contributed by atoms with van der Waals surface area (Å²) < 4.78 is 0. The molecular formula is C17H24N2O. The van der Waals surface area contributed by atoms with Gasteiger partial charge in [0.15, 0.2) is 0 Å². The van der Waals surface area contributed by atoms with Crippen molar-refractivity contribution in [1.29, 1.82) is 0 Å². The Labute approximate surface area is 121 Å². The van der Waals surface area contributed by atoms with Crippen molar-refractivity contribution in [1.82, 2.24) is 10.6 Å². The first kappa shape index (κ1) is 13.6. The first-order valence-electron chi connectivity index (χ1n) is 7.85. The highest BCUT2D eigenvalue weighted by molar-refractivity contribution is 5.83. The smallest absolute Gasteiger partial charge is 0.227 e. The first-order valence-corrected chi connectivity index (χ1v) is 7.85. The van der Waals surface area contributed by atoms with Gasteiger partial charge in [0.05, 0.1) is 11.5 Å². The van der Waals surface area contributed by atoms with Gasteiger partial charge >= 0.3 is 0 Å². The van der Waals surface area contributed by atoms with Crippen molar-refractivity contribution < 1.29 is 4.79 Å². The fraction of sp³-hybridized carbons (Fsp3) is 0.588. The van der Waals surface area contributed by atoms with Gasteiger partial charge in [-0.15, -0.1) is 0 Å². The maximum atomic E-state index is 12.8. The third-order valence-electron chi connectivity index (χ3n) is 5.07. The highest BCUT2D eigenvalue weighted by atomic mass is 16.2. The molecule has 3 heteroatoms. The van der Waals surface area contributed by atoms with E-state index in [1.165, 1.54) is 11.1 Å². The minimum Gasteiger partial charge on any atom is -0.349 e. The minimum absolute atomic E-state index is 0.199. The Hall–Kier alpha value is -1.35. The van der Waals surface area contributed by atoms with Crippen LogP contribution in [0.4, 0.5) is 0 Å². The van der Waals surface area contributed by atoms with Crippen LogP contribution in [0.15, 0.2) is 24.3 Å². The predicted molar refractivity (Wildman–Crippen MR) is 80.5 cm³/mol. The van der Waals surface area contributed by atoms with Crippen molar-refractivity contribution in [2.75, 3.05) is 13.1 Å². The zero-order valence-electron chi connectivity index (χ0n) is 12.2. The van der Waals surface area contributed by atoms with Gasteiger partial charge in [-0.25, -0.2) is 0 Å².